The zero-order valence-corrected chi connectivity index (χ0v) is 8.70. The van der Waals surface area contributed by atoms with Gasteiger partial charge in [0.05, 0.1) is 6.04 Å². The predicted octanol–water partition coefficient (Wildman–Crippen LogP) is 0.940. The number of amides is 1. The van der Waals surface area contributed by atoms with Gasteiger partial charge >= 0.3 is 6.36 Å². The molecule has 0 fully saturated rings. The highest BCUT2D eigenvalue weighted by Crippen LogP contribution is 2.22. The Balaban J connectivity index is 2.65. The quantitative estimate of drug-likeness (QED) is 0.832. The Morgan fingerprint density at radius 1 is 1.29 bits per heavy atom. The SMILES string of the molecule is NC(=O)[C@@H](N)Cc1ccc(OC(F)(F)F)cc1. The van der Waals surface area contributed by atoms with Crippen molar-refractivity contribution >= 4 is 5.91 Å². The number of carbonyl (C=O) groups excluding carboxylic acids is 1. The van der Waals surface area contributed by atoms with Crippen molar-refractivity contribution in [3.05, 3.63) is 29.8 Å². The molecule has 1 rings (SSSR count). The van der Waals surface area contributed by atoms with Gasteiger partial charge in [0.1, 0.15) is 5.75 Å². The average Bonchev–Trinajstić information content (AvgIpc) is 2.18. The van der Waals surface area contributed by atoms with Gasteiger partial charge in [0.25, 0.3) is 0 Å². The van der Waals surface area contributed by atoms with Crippen LogP contribution < -0.4 is 16.2 Å². The van der Waals surface area contributed by atoms with E-state index in [9.17, 15) is 18.0 Å². The normalized spacial score (nSPS) is 13.2. The van der Waals surface area contributed by atoms with E-state index in [2.05, 4.69) is 4.74 Å². The fourth-order valence-corrected chi connectivity index (χ4v) is 1.18. The van der Waals surface area contributed by atoms with Gasteiger partial charge in [-0.05, 0) is 24.1 Å². The third-order valence-corrected chi connectivity index (χ3v) is 1.98. The second-order valence-electron chi connectivity index (χ2n) is 3.40. The summed E-state index contributed by atoms with van der Waals surface area (Å²) in [7, 11) is 0. The molecule has 0 saturated carbocycles. The maximum atomic E-state index is 11.9. The fourth-order valence-electron chi connectivity index (χ4n) is 1.18. The van der Waals surface area contributed by atoms with Gasteiger partial charge in [-0.3, -0.25) is 4.79 Å². The molecule has 0 spiro atoms. The van der Waals surface area contributed by atoms with Gasteiger partial charge in [0.2, 0.25) is 5.91 Å². The molecular weight excluding hydrogens is 237 g/mol. The number of alkyl halides is 3. The number of primary amides is 1. The van der Waals surface area contributed by atoms with Gasteiger partial charge in [-0.1, -0.05) is 12.1 Å². The Bertz CT molecular complexity index is 390. The van der Waals surface area contributed by atoms with Crippen molar-refractivity contribution in [2.24, 2.45) is 11.5 Å². The summed E-state index contributed by atoms with van der Waals surface area (Å²) in [6.07, 6.45) is -4.55. The van der Waals surface area contributed by atoms with E-state index in [0.717, 1.165) is 12.1 Å². The van der Waals surface area contributed by atoms with Crippen LogP contribution in [0.2, 0.25) is 0 Å². The van der Waals surface area contributed by atoms with Crippen LogP contribution in [0.4, 0.5) is 13.2 Å². The van der Waals surface area contributed by atoms with E-state index in [1.807, 2.05) is 0 Å². The number of nitrogens with two attached hydrogens (primary N) is 2. The summed E-state index contributed by atoms with van der Waals surface area (Å²) in [4.78, 5) is 10.7. The molecular formula is C10H11F3N2O2. The summed E-state index contributed by atoms with van der Waals surface area (Å²) in [6, 6.07) is 4.23. The zero-order valence-electron chi connectivity index (χ0n) is 8.70. The van der Waals surface area contributed by atoms with E-state index in [1.54, 1.807) is 0 Å². The first-order valence-corrected chi connectivity index (χ1v) is 4.67. The van der Waals surface area contributed by atoms with Crippen LogP contribution in [0.5, 0.6) is 5.75 Å². The Labute approximate surface area is 95.3 Å². The maximum Gasteiger partial charge on any atom is 0.573 e. The first-order valence-electron chi connectivity index (χ1n) is 4.67. The largest absolute Gasteiger partial charge is 0.573 e. The average molecular weight is 248 g/mol. The number of rotatable bonds is 4. The summed E-state index contributed by atoms with van der Waals surface area (Å²) in [5.41, 5.74) is 11.0. The second kappa shape index (κ2) is 5.05. The molecule has 0 aromatic heterocycles. The Kier molecular flexibility index (Phi) is 3.95. The van der Waals surface area contributed by atoms with Crippen molar-refractivity contribution in [2.75, 3.05) is 0 Å². The molecule has 0 aliphatic carbocycles. The van der Waals surface area contributed by atoms with Crippen LogP contribution in [0.15, 0.2) is 24.3 Å². The Morgan fingerprint density at radius 2 is 1.82 bits per heavy atom. The fraction of sp³-hybridized carbons (Fsp3) is 0.300. The van der Waals surface area contributed by atoms with Gasteiger partial charge in [-0.25, -0.2) is 0 Å². The second-order valence-corrected chi connectivity index (χ2v) is 3.40. The van der Waals surface area contributed by atoms with Crippen LogP contribution >= 0.6 is 0 Å². The standard InChI is InChI=1S/C10H11F3N2O2/c11-10(12,13)17-7-3-1-6(2-4-7)5-8(14)9(15)16/h1-4,8H,5,14H2,(H2,15,16)/t8-/m0/s1. The molecule has 4 N–H and O–H groups in total. The van der Waals surface area contributed by atoms with Crippen molar-refractivity contribution in [3.8, 4) is 5.75 Å². The van der Waals surface area contributed by atoms with E-state index in [1.165, 1.54) is 12.1 Å². The Morgan fingerprint density at radius 3 is 2.24 bits per heavy atom. The molecule has 0 saturated heterocycles. The topological polar surface area (TPSA) is 78.3 Å². The summed E-state index contributed by atoms with van der Waals surface area (Å²) in [6.45, 7) is 0. The van der Waals surface area contributed by atoms with E-state index >= 15 is 0 Å². The molecule has 0 bridgehead atoms. The lowest BCUT2D eigenvalue weighted by Gasteiger charge is -2.10. The molecule has 1 amide bonds. The number of benzene rings is 1. The first kappa shape index (κ1) is 13.3. The molecule has 1 atom stereocenters. The first-order chi connectivity index (χ1) is 7.78. The van der Waals surface area contributed by atoms with Crippen LogP contribution in [0, 0.1) is 0 Å². The highest BCUT2D eigenvalue weighted by molar-refractivity contribution is 5.79. The third kappa shape index (κ3) is 4.73. The lowest BCUT2D eigenvalue weighted by Crippen LogP contribution is -2.38. The van der Waals surface area contributed by atoms with Crippen molar-refractivity contribution < 1.29 is 22.7 Å². The molecule has 0 aliphatic heterocycles. The molecule has 17 heavy (non-hydrogen) atoms. The maximum absolute atomic E-state index is 11.9. The third-order valence-electron chi connectivity index (χ3n) is 1.98. The number of carbonyl (C=O) groups is 1. The summed E-state index contributed by atoms with van der Waals surface area (Å²) >= 11 is 0. The van der Waals surface area contributed by atoms with E-state index in [0.29, 0.717) is 5.56 Å². The van der Waals surface area contributed by atoms with Crippen LogP contribution in [-0.2, 0) is 11.2 Å². The molecule has 7 heteroatoms. The van der Waals surface area contributed by atoms with Crippen LogP contribution in [0.1, 0.15) is 5.56 Å². The smallest absolute Gasteiger partial charge is 0.406 e. The highest BCUT2D eigenvalue weighted by atomic mass is 19.4. The molecule has 1 aromatic carbocycles. The van der Waals surface area contributed by atoms with Gasteiger partial charge in [0, 0.05) is 0 Å². The van der Waals surface area contributed by atoms with Gasteiger partial charge < -0.3 is 16.2 Å². The lowest BCUT2D eigenvalue weighted by molar-refractivity contribution is -0.274. The van der Waals surface area contributed by atoms with Crippen molar-refractivity contribution in [3.63, 3.8) is 0 Å². The minimum atomic E-state index is -4.72. The molecule has 0 radical (unpaired) electrons. The molecule has 4 nitrogen and oxygen atoms in total. The molecule has 1 aromatic rings. The van der Waals surface area contributed by atoms with Crippen LogP contribution in [0.3, 0.4) is 0 Å². The summed E-state index contributed by atoms with van der Waals surface area (Å²) < 4.78 is 39.2. The van der Waals surface area contributed by atoms with Gasteiger partial charge in [0.15, 0.2) is 0 Å². The predicted molar refractivity (Wildman–Crippen MR) is 54.0 cm³/mol. The van der Waals surface area contributed by atoms with Crippen molar-refractivity contribution in [1.82, 2.24) is 0 Å². The minimum Gasteiger partial charge on any atom is -0.406 e. The lowest BCUT2D eigenvalue weighted by atomic mass is 10.1. The van der Waals surface area contributed by atoms with Crippen LogP contribution in [0.25, 0.3) is 0 Å². The van der Waals surface area contributed by atoms with Crippen molar-refractivity contribution in [1.29, 1.82) is 0 Å². The van der Waals surface area contributed by atoms with Gasteiger partial charge in [-0.2, -0.15) is 0 Å². The number of ether oxygens (including phenoxy) is 1. The van der Waals surface area contributed by atoms with Crippen molar-refractivity contribution in [2.45, 2.75) is 18.8 Å². The molecule has 0 unspecified atom stereocenters. The van der Waals surface area contributed by atoms with E-state index in [-0.39, 0.29) is 12.2 Å². The number of hydrogen-bond acceptors (Lipinski definition) is 3. The summed E-state index contributed by atoms with van der Waals surface area (Å²) in [5.74, 6) is -0.991. The van der Waals surface area contributed by atoms with E-state index < -0.39 is 18.3 Å². The minimum absolute atomic E-state index is 0.168. The number of hydrogen-bond donors (Lipinski definition) is 2. The molecule has 0 aliphatic rings. The molecule has 94 valence electrons. The molecule has 0 heterocycles. The van der Waals surface area contributed by atoms with E-state index in [4.69, 9.17) is 11.5 Å². The monoisotopic (exact) mass is 248 g/mol. The van der Waals surface area contributed by atoms with Crippen LogP contribution in [-0.4, -0.2) is 18.3 Å². The number of halogens is 3. The zero-order chi connectivity index (χ0) is 13.1. The highest BCUT2D eigenvalue weighted by Gasteiger charge is 2.30. The van der Waals surface area contributed by atoms with Gasteiger partial charge in [-0.15, -0.1) is 13.2 Å². The Hall–Kier alpha value is -1.76. The summed E-state index contributed by atoms with van der Waals surface area (Å²) in [5, 5.41) is 0.